The van der Waals surface area contributed by atoms with E-state index in [1.807, 2.05) is 0 Å². The van der Waals surface area contributed by atoms with Gasteiger partial charge in [-0.25, -0.2) is 4.98 Å². The molecule has 0 aliphatic rings. The van der Waals surface area contributed by atoms with E-state index < -0.39 is 0 Å². The second-order valence-corrected chi connectivity index (χ2v) is 6.01. The van der Waals surface area contributed by atoms with E-state index in [-0.39, 0.29) is 0 Å². The van der Waals surface area contributed by atoms with Crippen LogP contribution >= 0.6 is 11.3 Å². The maximum Gasteiger partial charge on any atom is 0.107 e. The topological polar surface area (TPSA) is 24.9 Å². The molecule has 3 heteroatoms. The van der Waals surface area contributed by atoms with Crippen molar-refractivity contribution in [2.45, 2.75) is 39.8 Å². The lowest BCUT2D eigenvalue weighted by molar-refractivity contribution is 0.544. The molecule has 2 nitrogen and oxygen atoms in total. The van der Waals surface area contributed by atoms with Crippen LogP contribution in [0.1, 0.15) is 28.1 Å². The molecule has 1 aromatic heterocycles. The monoisotopic (exact) mass is 260 g/mol. The third kappa shape index (κ3) is 3.65. The van der Waals surface area contributed by atoms with Crippen LogP contribution in [0.25, 0.3) is 0 Å². The summed E-state index contributed by atoms with van der Waals surface area (Å²) in [6.45, 7) is 7.29. The third-order valence-corrected chi connectivity index (χ3v) is 4.13. The van der Waals surface area contributed by atoms with E-state index in [9.17, 15) is 0 Å². The molecule has 1 aromatic carbocycles. The van der Waals surface area contributed by atoms with Gasteiger partial charge < -0.3 is 5.32 Å². The largest absolute Gasteiger partial charge is 0.308 e. The number of hydrogen-bond donors (Lipinski definition) is 1. The first-order valence-corrected chi connectivity index (χ1v) is 7.17. The van der Waals surface area contributed by atoms with Crippen molar-refractivity contribution in [3.05, 3.63) is 51.5 Å². The second kappa shape index (κ2) is 6.12. The van der Waals surface area contributed by atoms with Gasteiger partial charge in [0.15, 0.2) is 0 Å². The fourth-order valence-corrected chi connectivity index (χ4v) is 2.80. The second-order valence-electron chi connectivity index (χ2n) is 4.72. The van der Waals surface area contributed by atoms with E-state index in [2.05, 4.69) is 61.4 Å². The Morgan fingerprint density at radius 3 is 2.56 bits per heavy atom. The molecule has 0 amide bonds. The van der Waals surface area contributed by atoms with E-state index in [4.69, 9.17) is 0 Å². The molecule has 96 valence electrons. The normalized spacial score (nSPS) is 12.6. The van der Waals surface area contributed by atoms with Crippen LogP contribution in [0.15, 0.2) is 30.3 Å². The van der Waals surface area contributed by atoms with E-state index in [1.165, 1.54) is 15.4 Å². The van der Waals surface area contributed by atoms with Gasteiger partial charge in [-0.15, -0.1) is 11.3 Å². The first kappa shape index (κ1) is 13.2. The van der Waals surface area contributed by atoms with Crippen molar-refractivity contribution in [2.24, 2.45) is 0 Å². The van der Waals surface area contributed by atoms with E-state index in [0.29, 0.717) is 6.04 Å². The summed E-state index contributed by atoms with van der Waals surface area (Å²) in [4.78, 5) is 5.87. The first-order chi connectivity index (χ1) is 8.65. The van der Waals surface area contributed by atoms with E-state index in [0.717, 1.165) is 18.7 Å². The number of aryl methyl sites for hydroxylation is 2. The molecule has 0 radical (unpaired) electrons. The Bertz CT molecular complexity index is 471. The molecule has 0 saturated carbocycles. The summed E-state index contributed by atoms with van der Waals surface area (Å²) in [5.41, 5.74) is 2.54. The van der Waals surface area contributed by atoms with Gasteiger partial charge in [-0.2, -0.15) is 0 Å². The predicted octanol–water partition coefficient (Wildman–Crippen LogP) is 3.48. The lowest BCUT2D eigenvalue weighted by Crippen LogP contribution is -2.27. The number of aromatic nitrogens is 1. The van der Waals surface area contributed by atoms with Crippen molar-refractivity contribution in [1.82, 2.24) is 10.3 Å². The molecule has 1 atom stereocenters. The molecule has 0 bridgehead atoms. The SMILES string of the molecule is Cc1nc(CNC(C)Cc2ccccc2)sc1C. The van der Waals surface area contributed by atoms with Gasteiger partial charge in [0, 0.05) is 17.5 Å². The first-order valence-electron chi connectivity index (χ1n) is 6.35. The predicted molar refractivity (Wildman–Crippen MR) is 78.0 cm³/mol. The maximum absolute atomic E-state index is 4.55. The molecule has 18 heavy (non-hydrogen) atoms. The van der Waals surface area contributed by atoms with Crippen LogP contribution in [0.5, 0.6) is 0 Å². The molecule has 2 aromatic rings. The zero-order valence-electron chi connectivity index (χ0n) is 11.2. The number of nitrogens with one attached hydrogen (secondary N) is 1. The lowest BCUT2D eigenvalue weighted by atomic mass is 10.1. The van der Waals surface area contributed by atoms with Gasteiger partial charge in [-0.1, -0.05) is 30.3 Å². The molecule has 2 rings (SSSR count). The number of benzene rings is 1. The molecule has 0 aliphatic heterocycles. The third-order valence-electron chi connectivity index (χ3n) is 3.06. The Morgan fingerprint density at radius 2 is 1.94 bits per heavy atom. The van der Waals surface area contributed by atoms with Crippen molar-refractivity contribution in [2.75, 3.05) is 0 Å². The Balaban J connectivity index is 1.83. The lowest BCUT2D eigenvalue weighted by Gasteiger charge is -2.12. The maximum atomic E-state index is 4.55. The summed E-state index contributed by atoms with van der Waals surface area (Å²) in [5.74, 6) is 0. The number of rotatable bonds is 5. The number of hydrogen-bond acceptors (Lipinski definition) is 3. The Labute approximate surface area is 113 Å². The average Bonchev–Trinajstić information content (AvgIpc) is 2.68. The van der Waals surface area contributed by atoms with Crippen molar-refractivity contribution >= 4 is 11.3 Å². The molecule has 1 heterocycles. The van der Waals surface area contributed by atoms with Crippen molar-refractivity contribution in [3.63, 3.8) is 0 Å². The molecule has 1 unspecified atom stereocenters. The van der Waals surface area contributed by atoms with E-state index >= 15 is 0 Å². The zero-order valence-corrected chi connectivity index (χ0v) is 12.1. The highest BCUT2D eigenvalue weighted by molar-refractivity contribution is 7.11. The van der Waals surface area contributed by atoms with Gasteiger partial charge in [0.2, 0.25) is 0 Å². The Kier molecular flexibility index (Phi) is 4.50. The minimum absolute atomic E-state index is 0.469. The Morgan fingerprint density at radius 1 is 1.22 bits per heavy atom. The Hall–Kier alpha value is -1.19. The summed E-state index contributed by atoms with van der Waals surface area (Å²) in [6, 6.07) is 11.1. The van der Waals surface area contributed by atoms with Crippen LogP contribution < -0.4 is 5.32 Å². The van der Waals surface area contributed by atoms with Crippen LogP contribution in [0, 0.1) is 13.8 Å². The molecule has 0 saturated heterocycles. The number of thiazole rings is 1. The van der Waals surface area contributed by atoms with Gasteiger partial charge in [0.25, 0.3) is 0 Å². The van der Waals surface area contributed by atoms with Gasteiger partial charge in [-0.05, 0) is 32.8 Å². The van der Waals surface area contributed by atoms with Crippen LogP contribution in [-0.4, -0.2) is 11.0 Å². The summed E-state index contributed by atoms with van der Waals surface area (Å²) < 4.78 is 0. The van der Waals surface area contributed by atoms with Crippen LogP contribution in [0.2, 0.25) is 0 Å². The minimum atomic E-state index is 0.469. The quantitative estimate of drug-likeness (QED) is 0.890. The van der Waals surface area contributed by atoms with Crippen LogP contribution in [0.3, 0.4) is 0 Å². The molecular weight excluding hydrogens is 240 g/mol. The standard InChI is InChI=1S/C15H20N2S/c1-11(9-14-7-5-4-6-8-14)16-10-15-17-12(2)13(3)18-15/h4-8,11,16H,9-10H2,1-3H3. The van der Waals surface area contributed by atoms with Gasteiger partial charge >= 0.3 is 0 Å². The van der Waals surface area contributed by atoms with Crippen molar-refractivity contribution in [3.8, 4) is 0 Å². The molecule has 0 spiro atoms. The summed E-state index contributed by atoms with van der Waals surface area (Å²) in [6.07, 6.45) is 1.06. The highest BCUT2D eigenvalue weighted by atomic mass is 32.1. The smallest absolute Gasteiger partial charge is 0.107 e. The van der Waals surface area contributed by atoms with Crippen molar-refractivity contribution in [1.29, 1.82) is 0 Å². The molecule has 1 N–H and O–H groups in total. The van der Waals surface area contributed by atoms with Crippen LogP contribution in [0.4, 0.5) is 0 Å². The van der Waals surface area contributed by atoms with Gasteiger partial charge in [0.05, 0.1) is 5.69 Å². The average molecular weight is 260 g/mol. The molecule has 0 fully saturated rings. The zero-order chi connectivity index (χ0) is 13.0. The highest BCUT2D eigenvalue weighted by Gasteiger charge is 2.06. The van der Waals surface area contributed by atoms with Gasteiger partial charge in [-0.3, -0.25) is 0 Å². The molecular formula is C15H20N2S. The summed E-state index contributed by atoms with van der Waals surface area (Å²) in [5, 5.41) is 4.72. The fourth-order valence-electron chi connectivity index (χ4n) is 1.92. The minimum Gasteiger partial charge on any atom is -0.308 e. The molecule has 0 aliphatic carbocycles. The number of nitrogens with zero attached hydrogens (tertiary/aromatic N) is 1. The van der Waals surface area contributed by atoms with Crippen molar-refractivity contribution < 1.29 is 0 Å². The fraction of sp³-hybridized carbons (Fsp3) is 0.400. The summed E-state index contributed by atoms with van der Waals surface area (Å²) in [7, 11) is 0. The van der Waals surface area contributed by atoms with Crippen LogP contribution in [-0.2, 0) is 13.0 Å². The van der Waals surface area contributed by atoms with Gasteiger partial charge in [0.1, 0.15) is 5.01 Å². The highest BCUT2D eigenvalue weighted by Crippen LogP contribution is 2.16. The summed E-state index contributed by atoms with van der Waals surface area (Å²) >= 11 is 1.79. The van der Waals surface area contributed by atoms with E-state index in [1.54, 1.807) is 11.3 Å².